The summed E-state index contributed by atoms with van der Waals surface area (Å²) in [6, 6.07) is 0. The van der Waals surface area contributed by atoms with Gasteiger partial charge in [0.2, 0.25) is 0 Å². The molecule has 4 atom stereocenters. The first-order chi connectivity index (χ1) is 11.8. The molecular weight excluding hydrogens is 302 g/mol. The van der Waals surface area contributed by atoms with Crippen molar-refractivity contribution in [3.8, 4) is 0 Å². The quantitative estimate of drug-likeness (QED) is 0.633. The number of nitrogens with zero attached hydrogens (tertiary/aromatic N) is 2. The van der Waals surface area contributed by atoms with E-state index in [0.29, 0.717) is 0 Å². The summed E-state index contributed by atoms with van der Waals surface area (Å²) in [4.78, 5) is 7.37. The van der Waals surface area contributed by atoms with Crippen molar-refractivity contribution in [2.75, 3.05) is 39.4 Å². The lowest BCUT2D eigenvalue weighted by atomic mass is 9.82. The Balaban J connectivity index is 1.57. The monoisotopic (exact) mass is 337 g/mol. The molecule has 0 aromatic heterocycles. The molecule has 5 nitrogen and oxygen atoms in total. The minimum absolute atomic E-state index is 0.194. The summed E-state index contributed by atoms with van der Waals surface area (Å²) in [6.45, 7) is 9.91. The van der Waals surface area contributed by atoms with E-state index in [2.05, 4.69) is 24.1 Å². The van der Waals surface area contributed by atoms with Gasteiger partial charge < -0.3 is 19.7 Å². The van der Waals surface area contributed by atoms with Crippen molar-refractivity contribution in [2.24, 2.45) is 16.8 Å². The molecule has 0 bridgehead atoms. The fourth-order valence-electron chi connectivity index (χ4n) is 4.36. The molecule has 1 saturated carbocycles. The van der Waals surface area contributed by atoms with Gasteiger partial charge in [-0.25, -0.2) is 0 Å². The van der Waals surface area contributed by atoms with Crippen LogP contribution < -0.4 is 5.32 Å². The molecular formula is C19H35N3O2. The fourth-order valence-corrected chi connectivity index (χ4v) is 4.36. The van der Waals surface area contributed by atoms with Crippen molar-refractivity contribution in [3.05, 3.63) is 0 Å². The van der Waals surface area contributed by atoms with Crippen molar-refractivity contribution in [2.45, 2.75) is 64.6 Å². The van der Waals surface area contributed by atoms with E-state index in [0.717, 1.165) is 63.6 Å². The number of guanidine groups is 1. The van der Waals surface area contributed by atoms with Crippen LogP contribution in [0.1, 0.15) is 52.4 Å². The van der Waals surface area contributed by atoms with Crippen LogP contribution in [0, 0.1) is 11.8 Å². The van der Waals surface area contributed by atoms with Gasteiger partial charge >= 0.3 is 0 Å². The molecule has 0 spiro atoms. The third kappa shape index (κ3) is 4.85. The minimum atomic E-state index is 0.194. The van der Waals surface area contributed by atoms with Gasteiger partial charge in [0.05, 0.1) is 12.7 Å². The van der Waals surface area contributed by atoms with Crippen molar-refractivity contribution < 1.29 is 9.47 Å². The van der Waals surface area contributed by atoms with E-state index in [-0.39, 0.29) is 12.2 Å². The Labute approximate surface area is 147 Å². The number of aliphatic imine (C=N–C) groups is 1. The Morgan fingerprint density at radius 1 is 1.12 bits per heavy atom. The van der Waals surface area contributed by atoms with Crippen LogP contribution in [0.2, 0.25) is 0 Å². The lowest BCUT2D eigenvalue weighted by molar-refractivity contribution is -0.0817. The summed E-state index contributed by atoms with van der Waals surface area (Å²) in [6.07, 6.45) is 8.21. The minimum Gasteiger partial charge on any atom is -0.375 e. The molecule has 24 heavy (non-hydrogen) atoms. The molecule has 5 heteroatoms. The zero-order valence-corrected chi connectivity index (χ0v) is 15.5. The van der Waals surface area contributed by atoms with Gasteiger partial charge in [-0.05, 0) is 44.4 Å². The third-order valence-corrected chi connectivity index (χ3v) is 5.65. The van der Waals surface area contributed by atoms with E-state index in [1.807, 2.05) is 0 Å². The molecule has 0 radical (unpaired) electrons. The predicted molar refractivity (Wildman–Crippen MR) is 97.4 cm³/mol. The van der Waals surface area contributed by atoms with Gasteiger partial charge in [-0.1, -0.05) is 19.8 Å². The second-order valence-electron chi connectivity index (χ2n) is 7.74. The maximum atomic E-state index is 5.98. The van der Waals surface area contributed by atoms with Gasteiger partial charge in [0.1, 0.15) is 6.10 Å². The van der Waals surface area contributed by atoms with Gasteiger partial charge in [-0.2, -0.15) is 0 Å². The highest BCUT2D eigenvalue weighted by Gasteiger charge is 2.32. The Bertz CT molecular complexity index is 409. The smallest absolute Gasteiger partial charge is 0.194 e. The van der Waals surface area contributed by atoms with Gasteiger partial charge in [-0.15, -0.1) is 0 Å². The average molecular weight is 338 g/mol. The van der Waals surface area contributed by atoms with Crippen molar-refractivity contribution in [1.29, 1.82) is 0 Å². The normalized spacial score (nSPS) is 35.2. The summed E-state index contributed by atoms with van der Waals surface area (Å²) >= 11 is 0. The van der Waals surface area contributed by atoms with Crippen LogP contribution in [0.25, 0.3) is 0 Å². The molecule has 3 aliphatic rings. The van der Waals surface area contributed by atoms with E-state index in [1.165, 1.54) is 32.1 Å². The fraction of sp³-hybridized carbons (Fsp3) is 0.947. The molecule has 0 amide bonds. The van der Waals surface area contributed by atoms with E-state index in [4.69, 9.17) is 14.5 Å². The standard InChI is InChI=1S/C19H35N3O2/c1-3-20-19(21-13-16-7-4-6-15(2)12-16)22-9-11-24-18(14-22)17-8-5-10-23-17/h15-18H,3-14H2,1-2H3,(H,20,21). The molecule has 138 valence electrons. The van der Waals surface area contributed by atoms with Crippen LogP contribution in [-0.2, 0) is 9.47 Å². The predicted octanol–water partition coefficient (Wildman–Crippen LogP) is 2.66. The molecule has 0 aromatic carbocycles. The average Bonchev–Trinajstić information content (AvgIpc) is 3.13. The second-order valence-corrected chi connectivity index (χ2v) is 7.74. The Hall–Kier alpha value is -0.810. The van der Waals surface area contributed by atoms with Gasteiger partial charge in [0, 0.05) is 32.8 Å². The highest BCUT2D eigenvalue weighted by atomic mass is 16.5. The zero-order chi connectivity index (χ0) is 16.8. The molecule has 2 heterocycles. The lowest BCUT2D eigenvalue weighted by Crippen LogP contribution is -2.53. The Morgan fingerprint density at radius 2 is 2.00 bits per heavy atom. The number of hydrogen-bond donors (Lipinski definition) is 1. The molecule has 2 saturated heterocycles. The topological polar surface area (TPSA) is 46.1 Å². The first kappa shape index (κ1) is 18.0. The van der Waals surface area contributed by atoms with E-state index >= 15 is 0 Å². The molecule has 2 aliphatic heterocycles. The lowest BCUT2D eigenvalue weighted by Gasteiger charge is -2.37. The van der Waals surface area contributed by atoms with Crippen LogP contribution >= 0.6 is 0 Å². The summed E-state index contributed by atoms with van der Waals surface area (Å²) < 4.78 is 11.8. The van der Waals surface area contributed by atoms with Crippen molar-refractivity contribution in [3.63, 3.8) is 0 Å². The summed E-state index contributed by atoms with van der Waals surface area (Å²) in [5.74, 6) is 2.70. The molecule has 1 N–H and O–H groups in total. The van der Waals surface area contributed by atoms with Crippen LogP contribution in [0.3, 0.4) is 0 Å². The van der Waals surface area contributed by atoms with Crippen LogP contribution in [-0.4, -0.2) is 62.5 Å². The Morgan fingerprint density at radius 3 is 2.75 bits per heavy atom. The van der Waals surface area contributed by atoms with Gasteiger partial charge in [-0.3, -0.25) is 4.99 Å². The van der Waals surface area contributed by atoms with Crippen molar-refractivity contribution >= 4 is 5.96 Å². The largest absolute Gasteiger partial charge is 0.375 e. The highest BCUT2D eigenvalue weighted by molar-refractivity contribution is 5.80. The molecule has 4 unspecified atom stereocenters. The van der Waals surface area contributed by atoms with Crippen LogP contribution in [0.15, 0.2) is 4.99 Å². The summed E-state index contributed by atoms with van der Waals surface area (Å²) in [5.41, 5.74) is 0. The number of morpholine rings is 1. The highest BCUT2D eigenvalue weighted by Crippen LogP contribution is 2.28. The number of nitrogens with one attached hydrogen (secondary N) is 1. The SMILES string of the molecule is CCNC(=NCC1CCCC(C)C1)N1CCOC(C2CCCO2)C1. The van der Waals surface area contributed by atoms with Crippen LogP contribution in [0.4, 0.5) is 0 Å². The molecule has 0 aromatic rings. The number of rotatable bonds is 4. The molecule has 1 aliphatic carbocycles. The number of ether oxygens (including phenoxy) is 2. The maximum absolute atomic E-state index is 5.98. The summed E-state index contributed by atoms with van der Waals surface area (Å²) in [5, 5.41) is 3.49. The number of hydrogen-bond acceptors (Lipinski definition) is 3. The third-order valence-electron chi connectivity index (χ3n) is 5.65. The molecule has 3 rings (SSSR count). The first-order valence-electron chi connectivity index (χ1n) is 10.0. The van der Waals surface area contributed by atoms with Gasteiger partial charge in [0.25, 0.3) is 0 Å². The van der Waals surface area contributed by atoms with Crippen LogP contribution in [0.5, 0.6) is 0 Å². The Kier molecular flexibility index (Phi) is 6.78. The first-order valence-corrected chi connectivity index (χ1v) is 10.0. The van der Waals surface area contributed by atoms with E-state index in [9.17, 15) is 0 Å². The molecule has 3 fully saturated rings. The second kappa shape index (κ2) is 9.04. The summed E-state index contributed by atoms with van der Waals surface area (Å²) in [7, 11) is 0. The zero-order valence-electron chi connectivity index (χ0n) is 15.5. The maximum Gasteiger partial charge on any atom is 0.194 e. The van der Waals surface area contributed by atoms with Gasteiger partial charge in [0.15, 0.2) is 5.96 Å². The van der Waals surface area contributed by atoms with Crippen molar-refractivity contribution in [1.82, 2.24) is 10.2 Å². The van der Waals surface area contributed by atoms with E-state index in [1.54, 1.807) is 0 Å². The van der Waals surface area contributed by atoms with E-state index < -0.39 is 0 Å².